The van der Waals surface area contributed by atoms with Crippen molar-refractivity contribution in [3.8, 4) is 0 Å². The molecular weight excluding hydrogens is 186 g/mol. The summed E-state index contributed by atoms with van der Waals surface area (Å²) in [5.41, 5.74) is 7.10. The van der Waals surface area contributed by atoms with Gasteiger partial charge in [-0.25, -0.2) is 0 Å². The zero-order valence-electron chi connectivity index (χ0n) is 9.52. The first-order chi connectivity index (χ1) is 7.33. The van der Waals surface area contributed by atoms with Crippen molar-refractivity contribution in [1.82, 2.24) is 9.78 Å². The zero-order chi connectivity index (χ0) is 10.7. The number of hydrogen-bond acceptors (Lipinski definition) is 2. The van der Waals surface area contributed by atoms with Crippen LogP contribution in [0.2, 0.25) is 0 Å². The van der Waals surface area contributed by atoms with Crippen molar-refractivity contribution in [1.29, 1.82) is 0 Å². The molecule has 0 bridgehead atoms. The average molecular weight is 207 g/mol. The second-order valence-electron chi connectivity index (χ2n) is 4.62. The number of nitrogens with two attached hydrogens (primary N) is 1. The zero-order valence-corrected chi connectivity index (χ0v) is 9.52. The fourth-order valence-corrected chi connectivity index (χ4v) is 2.51. The molecule has 1 aromatic rings. The van der Waals surface area contributed by atoms with E-state index in [1.165, 1.54) is 37.8 Å². The van der Waals surface area contributed by atoms with Crippen LogP contribution >= 0.6 is 0 Å². The van der Waals surface area contributed by atoms with E-state index in [0.29, 0.717) is 12.6 Å². The summed E-state index contributed by atoms with van der Waals surface area (Å²) in [4.78, 5) is 0. The van der Waals surface area contributed by atoms with Crippen LogP contribution in [0.15, 0.2) is 12.3 Å². The van der Waals surface area contributed by atoms with Gasteiger partial charge >= 0.3 is 0 Å². The number of nitrogens with zero attached hydrogens (tertiary/aromatic N) is 2. The van der Waals surface area contributed by atoms with E-state index in [0.717, 1.165) is 5.92 Å². The van der Waals surface area contributed by atoms with Crippen LogP contribution in [0.1, 0.15) is 56.7 Å². The van der Waals surface area contributed by atoms with Crippen LogP contribution in [0.25, 0.3) is 0 Å². The lowest BCUT2D eigenvalue weighted by Gasteiger charge is -2.24. The second kappa shape index (κ2) is 4.79. The molecule has 1 saturated carbocycles. The average Bonchev–Trinajstić information content (AvgIpc) is 2.78. The summed E-state index contributed by atoms with van der Waals surface area (Å²) in [5, 5.41) is 4.40. The Morgan fingerprint density at radius 2 is 2.20 bits per heavy atom. The lowest BCUT2D eigenvalue weighted by molar-refractivity contribution is 0.395. The van der Waals surface area contributed by atoms with Crippen LogP contribution < -0.4 is 5.73 Å². The van der Waals surface area contributed by atoms with Crippen LogP contribution in [0.5, 0.6) is 0 Å². The van der Waals surface area contributed by atoms with Gasteiger partial charge in [0.2, 0.25) is 0 Å². The van der Waals surface area contributed by atoms with Crippen LogP contribution in [0.4, 0.5) is 0 Å². The number of rotatable bonds is 3. The van der Waals surface area contributed by atoms with Crippen LogP contribution in [0, 0.1) is 0 Å². The Morgan fingerprint density at radius 1 is 1.47 bits per heavy atom. The van der Waals surface area contributed by atoms with Gasteiger partial charge in [0.1, 0.15) is 0 Å². The Bertz CT molecular complexity index is 300. The molecule has 84 valence electrons. The highest BCUT2D eigenvalue weighted by molar-refractivity contribution is 5.09. The summed E-state index contributed by atoms with van der Waals surface area (Å²) >= 11 is 0. The van der Waals surface area contributed by atoms with Gasteiger partial charge in [0, 0.05) is 24.4 Å². The van der Waals surface area contributed by atoms with Gasteiger partial charge in [0.05, 0.1) is 6.04 Å². The van der Waals surface area contributed by atoms with Crippen molar-refractivity contribution in [3.63, 3.8) is 0 Å². The topological polar surface area (TPSA) is 43.8 Å². The van der Waals surface area contributed by atoms with E-state index in [1.54, 1.807) is 0 Å². The first-order valence-electron chi connectivity index (χ1n) is 6.06. The third kappa shape index (κ3) is 2.23. The Labute approximate surface area is 91.7 Å². The van der Waals surface area contributed by atoms with Crippen LogP contribution in [-0.4, -0.2) is 16.3 Å². The molecule has 3 heteroatoms. The maximum Gasteiger partial charge on any atom is 0.0616 e. The summed E-state index contributed by atoms with van der Waals surface area (Å²) in [7, 11) is 0. The second-order valence-corrected chi connectivity index (χ2v) is 4.62. The van der Waals surface area contributed by atoms with Crippen LogP contribution in [-0.2, 0) is 0 Å². The highest BCUT2D eigenvalue weighted by Crippen LogP contribution is 2.33. The van der Waals surface area contributed by atoms with Crippen molar-refractivity contribution >= 4 is 0 Å². The molecule has 0 aromatic carbocycles. The maximum atomic E-state index is 5.70. The fraction of sp³-hybridized carbons (Fsp3) is 0.750. The van der Waals surface area contributed by atoms with Gasteiger partial charge < -0.3 is 5.73 Å². The van der Waals surface area contributed by atoms with Gasteiger partial charge in [0.15, 0.2) is 0 Å². The monoisotopic (exact) mass is 207 g/mol. The van der Waals surface area contributed by atoms with Crippen molar-refractivity contribution in [2.75, 3.05) is 6.54 Å². The SMILES string of the molecule is CC(CN)n1nccc1C1CCCCC1. The number of aromatic nitrogens is 2. The highest BCUT2D eigenvalue weighted by atomic mass is 15.3. The highest BCUT2D eigenvalue weighted by Gasteiger charge is 2.20. The minimum atomic E-state index is 0.330. The lowest BCUT2D eigenvalue weighted by Crippen LogP contribution is -2.21. The molecule has 2 rings (SSSR count). The molecule has 1 atom stereocenters. The van der Waals surface area contributed by atoms with Crippen molar-refractivity contribution in [3.05, 3.63) is 18.0 Å². The van der Waals surface area contributed by atoms with Gasteiger partial charge in [-0.2, -0.15) is 5.10 Å². The number of hydrogen-bond donors (Lipinski definition) is 1. The molecule has 15 heavy (non-hydrogen) atoms. The molecule has 1 unspecified atom stereocenters. The molecule has 1 heterocycles. The standard InChI is InChI=1S/C12H21N3/c1-10(9-13)15-12(7-8-14-15)11-5-3-2-4-6-11/h7-8,10-11H,2-6,9,13H2,1H3. The normalized spacial score (nSPS) is 20.4. The summed E-state index contributed by atoms with van der Waals surface area (Å²) in [6.07, 6.45) is 8.69. The first-order valence-corrected chi connectivity index (χ1v) is 6.06. The third-order valence-electron chi connectivity index (χ3n) is 3.48. The summed E-state index contributed by atoms with van der Waals surface area (Å²) in [6.45, 7) is 2.81. The van der Waals surface area contributed by atoms with Crippen LogP contribution in [0.3, 0.4) is 0 Å². The summed E-state index contributed by atoms with van der Waals surface area (Å²) in [5.74, 6) is 0.718. The molecule has 0 saturated heterocycles. The van der Waals surface area contributed by atoms with E-state index >= 15 is 0 Å². The van der Waals surface area contributed by atoms with Gasteiger partial charge in [-0.3, -0.25) is 4.68 Å². The molecule has 0 aliphatic heterocycles. The molecule has 1 aliphatic rings. The molecule has 0 amide bonds. The van der Waals surface area contributed by atoms with E-state index < -0.39 is 0 Å². The Kier molecular flexibility index (Phi) is 3.41. The molecular formula is C12H21N3. The molecule has 3 nitrogen and oxygen atoms in total. The smallest absolute Gasteiger partial charge is 0.0616 e. The quantitative estimate of drug-likeness (QED) is 0.827. The lowest BCUT2D eigenvalue weighted by atomic mass is 9.87. The van der Waals surface area contributed by atoms with Crippen molar-refractivity contribution in [2.24, 2.45) is 5.73 Å². The molecule has 0 radical (unpaired) electrons. The van der Waals surface area contributed by atoms with Crippen molar-refractivity contribution < 1.29 is 0 Å². The minimum absolute atomic E-state index is 0.330. The van der Waals surface area contributed by atoms with Gasteiger partial charge in [0.25, 0.3) is 0 Å². The van der Waals surface area contributed by atoms with Gasteiger partial charge in [-0.1, -0.05) is 19.3 Å². The van der Waals surface area contributed by atoms with E-state index in [2.05, 4.69) is 22.8 Å². The molecule has 1 aromatic heterocycles. The first kappa shape index (κ1) is 10.7. The predicted molar refractivity (Wildman–Crippen MR) is 61.8 cm³/mol. The van der Waals surface area contributed by atoms with E-state index in [1.807, 2.05) is 6.20 Å². The largest absolute Gasteiger partial charge is 0.328 e. The molecule has 1 fully saturated rings. The van der Waals surface area contributed by atoms with E-state index in [-0.39, 0.29) is 0 Å². The third-order valence-corrected chi connectivity index (χ3v) is 3.48. The minimum Gasteiger partial charge on any atom is -0.328 e. The Balaban J connectivity index is 2.15. The maximum absolute atomic E-state index is 5.70. The summed E-state index contributed by atoms with van der Waals surface area (Å²) in [6, 6.07) is 2.50. The van der Waals surface area contributed by atoms with E-state index in [4.69, 9.17) is 5.73 Å². The van der Waals surface area contributed by atoms with E-state index in [9.17, 15) is 0 Å². The molecule has 0 spiro atoms. The van der Waals surface area contributed by atoms with Crippen molar-refractivity contribution in [2.45, 2.75) is 51.0 Å². The Morgan fingerprint density at radius 3 is 2.87 bits per heavy atom. The fourth-order valence-electron chi connectivity index (χ4n) is 2.51. The van der Waals surface area contributed by atoms with Gasteiger partial charge in [-0.15, -0.1) is 0 Å². The Hall–Kier alpha value is -0.830. The molecule has 2 N–H and O–H groups in total. The summed E-state index contributed by atoms with van der Waals surface area (Å²) < 4.78 is 2.12. The van der Waals surface area contributed by atoms with Gasteiger partial charge in [-0.05, 0) is 25.8 Å². The predicted octanol–water partition coefficient (Wildman–Crippen LogP) is 2.45. The molecule has 1 aliphatic carbocycles.